The largest absolute Gasteiger partial charge is 0.494 e. The minimum Gasteiger partial charge on any atom is -0.494 e. The van der Waals surface area contributed by atoms with E-state index in [1.807, 2.05) is 68.7 Å². The molecule has 7 aromatic rings. The maximum atomic E-state index is 15.3. The lowest BCUT2D eigenvalue weighted by atomic mass is 9.98. The summed E-state index contributed by atoms with van der Waals surface area (Å²) >= 11 is 19.9. The smallest absolute Gasteiger partial charge is 0.275 e. The fourth-order valence-electron chi connectivity index (χ4n) is 8.32. The number of carbonyl (C=O) groups is 1. The number of benzene rings is 3. The lowest BCUT2D eigenvalue weighted by Gasteiger charge is -2.34. The van der Waals surface area contributed by atoms with Gasteiger partial charge in [-0.25, -0.2) is 4.98 Å². The third kappa shape index (κ3) is 6.28. The molecule has 0 aliphatic carbocycles. The van der Waals surface area contributed by atoms with Gasteiger partial charge < -0.3 is 18.8 Å². The van der Waals surface area contributed by atoms with Crippen LogP contribution in [0.4, 0.5) is 5.69 Å². The molecule has 3 aromatic carbocycles. The van der Waals surface area contributed by atoms with Gasteiger partial charge in [-0.1, -0.05) is 29.3 Å². The molecular weight excluding hydrogens is 755 g/mol. The first kappa shape index (κ1) is 37.2. The van der Waals surface area contributed by atoms with Gasteiger partial charge >= 0.3 is 0 Å². The Labute approximate surface area is 335 Å². The highest BCUT2D eigenvalue weighted by atomic mass is 35.5. The lowest BCUT2D eigenvalue weighted by Crippen LogP contribution is -2.42. The molecule has 0 radical (unpaired) electrons. The van der Waals surface area contributed by atoms with Crippen molar-refractivity contribution < 1.29 is 9.53 Å². The highest BCUT2D eigenvalue weighted by molar-refractivity contribution is 6.35. The van der Waals surface area contributed by atoms with Crippen molar-refractivity contribution in [3.05, 3.63) is 98.8 Å². The summed E-state index contributed by atoms with van der Waals surface area (Å²) in [7, 11) is 3.80. The lowest BCUT2D eigenvalue weighted by molar-refractivity contribution is 0.0957. The summed E-state index contributed by atoms with van der Waals surface area (Å²) in [4.78, 5) is 21.7. The van der Waals surface area contributed by atoms with Crippen molar-refractivity contribution >= 4 is 68.2 Å². The summed E-state index contributed by atoms with van der Waals surface area (Å²) in [6.07, 6.45) is 5.05. The summed E-state index contributed by atoms with van der Waals surface area (Å²) in [5, 5.41) is 12.6. The molecule has 1 amide bonds. The van der Waals surface area contributed by atoms with E-state index in [0.717, 1.165) is 83.0 Å². The zero-order valence-electron chi connectivity index (χ0n) is 32.0. The summed E-state index contributed by atoms with van der Waals surface area (Å²) in [6, 6.07) is 14.0. The Morgan fingerprint density at radius 1 is 0.945 bits per heavy atom. The van der Waals surface area contributed by atoms with Crippen LogP contribution in [-0.2, 0) is 27.1 Å². The van der Waals surface area contributed by atoms with Gasteiger partial charge in [-0.15, -0.1) is 11.6 Å². The zero-order valence-corrected chi connectivity index (χ0v) is 34.3. The molecule has 0 N–H and O–H groups in total. The fourth-order valence-corrected chi connectivity index (χ4v) is 8.86. The van der Waals surface area contributed by atoms with Gasteiger partial charge in [-0.05, 0) is 101 Å². The van der Waals surface area contributed by atoms with Crippen LogP contribution < -0.4 is 9.64 Å². The van der Waals surface area contributed by atoms with Gasteiger partial charge in [0.2, 0.25) is 0 Å². The van der Waals surface area contributed by atoms with E-state index in [1.165, 1.54) is 0 Å². The maximum absolute atomic E-state index is 15.3. The Morgan fingerprint density at radius 2 is 1.71 bits per heavy atom. The minimum atomic E-state index is -0.0956. The third-order valence-corrected chi connectivity index (χ3v) is 12.0. The number of aromatic nitrogens is 7. The van der Waals surface area contributed by atoms with Gasteiger partial charge in [-0.3, -0.25) is 14.2 Å². The van der Waals surface area contributed by atoms with Crippen molar-refractivity contribution in [1.29, 1.82) is 0 Å². The van der Waals surface area contributed by atoms with Gasteiger partial charge in [0, 0.05) is 83.5 Å². The van der Waals surface area contributed by atoms with Gasteiger partial charge in [-0.2, -0.15) is 10.2 Å². The minimum absolute atomic E-state index is 0.0674. The zero-order chi connectivity index (χ0) is 38.9. The van der Waals surface area contributed by atoms with Crippen LogP contribution >= 0.6 is 34.8 Å². The van der Waals surface area contributed by atoms with E-state index in [2.05, 4.69) is 57.5 Å². The van der Waals surface area contributed by atoms with Gasteiger partial charge in [0.05, 0.1) is 34.0 Å². The number of anilines is 1. The van der Waals surface area contributed by atoms with Crippen molar-refractivity contribution in [2.45, 2.75) is 60.0 Å². The molecule has 55 heavy (non-hydrogen) atoms. The summed E-state index contributed by atoms with van der Waals surface area (Å²) < 4.78 is 14.2. The standard InChI is InChI=1S/C42H43Cl3N8O2/c1-23-17-29(18-24(2)38(23)45)55-16-8-9-30-31-11-12-33(44)37(36-26(4)47-50(7)27(36)5)39(31)53-25(3)20-52(42(54)40(30)53)35-21-51(15-14-43)34-13-10-28(19-32(34)35)41-46-22-49(6)48-41/h10-13,17-19,21-22,25H,8-9,14-16,20H2,1-7H3/t25-/m1/s1. The summed E-state index contributed by atoms with van der Waals surface area (Å²) in [6.45, 7) is 11.7. The third-order valence-electron chi connectivity index (χ3n) is 10.9. The molecule has 0 spiro atoms. The normalized spacial score (nSPS) is 14.5. The molecule has 0 saturated heterocycles. The fraction of sp³-hybridized carbons (Fsp3) is 0.333. The quantitative estimate of drug-likeness (QED) is 0.102. The molecular formula is C42H43Cl3N8O2. The average molecular weight is 798 g/mol. The highest BCUT2D eigenvalue weighted by Gasteiger charge is 2.38. The molecule has 0 unspecified atom stereocenters. The Morgan fingerprint density at radius 3 is 2.38 bits per heavy atom. The average Bonchev–Trinajstić information content (AvgIpc) is 3.90. The van der Waals surface area contributed by atoms with E-state index in [-0.39, 0.29) is 11.9 Å². The maximum Gasteiger partial charge on any atom is 0.275 e. The first-order chi connectivity index (χ1) is 26.4. The number of carbonyl (C=O) groups excluding carboxylic acids is 1. The molecule has 1 atom stereocenters. The molecule has 1 aliphatic heterocycles. The molecule has 0 fully saturated rings. The number of rotatable bonds is 10. The molecule has 8 rings (SSSR count). The Bertz CT molecular complexity index is 2630. The molecule has 5 heterocycles. The van der Waals surface area contributed by atoms with Crippen LogP contribution in [0.1, 0.15) is 58.0 Å². The van der Waals surface area contributed by atoms with Crippen LogP contribution in [-0.4, -0.2) is 58.6 Å². The van der Waals surface area contributed by atoms with Crippen molar-refractivity contribution in [2.75, 3.05) is 23.9 Å². The van der Waals surface area contributed by atoms with E-state index in [4.69, 9.17) is 44.6 Å². The molecule has 4 aromatic heterocycles. The van der Waals surface area contributed by atoms with E-state index in [1.54, 1.807) is 11.0 Å². The summed E-state index contributed by atoms with van der Waals surface area (Å²) in [5.74, 6) is 1.77. The van der Waals surface area contributed by atoms with E-state index in [9.17, 15) is 0 Å². The van der Waals surface area contributed by atoms with Crippen LogP contribution in [0.2, 0.25) is 10.0 Å². The van der Waals surface area contributed by atoms with Crippen molar-refractivity contribution in [3.63, 3.8) is 0 Å². The van der Waals surface area contributed by atoms with Crippen LogP contribution in [0.5, 0.6) is 5.75 Å². The molecule has 13 heteroatoms. The predicted molar refractivity (Wildman–Crippen MR) is 222 cm³/mol. The number of alkyl halides is 1. The predicted octanol–water partition coefficient (Wildman–Crippen LogP) is 9.80. The first-order valence-electron chi connectivity index (χ1n) is 18.5. The van der Waals surface area contributed by atoms with Crippen molar-refractivity contribution in [1.82, 2.24) is 33.7 Å². The number of hydrogen-bond donors (Lipinski definition) is 0. The number of halogens is 3. The second kappa shape index (κ2) is 14.4. The summed E-state index contributed by atoms with van der Waals surface area (Å²) in [5.41, 5.74) is 11.0. The number of fused-ring (bicyclic) bond motifs is 4. The second-order valence-corrected chi connectivity index (χ2v) is 15.8. The number of amides is 1. The van der Waals surface area contributed by atoms with Crippen molar-refractivity contribution in [2.24, 2.45) is 14.1 Å². The Balaban J connectivity index is 1.27. The number of aryl methyl sites for hydroxylation is 7. The van der Waals surface area contributed by atoms with Crippen molar-refractivity contribution in [3.8, 4) is 28.3 Å². The highest BCUT2D eigenvalue weighted by Crippen LogP contribution is 2.46. The molecule has 10 nitrogen and oxygen atoms in total. The first-order valence-corrected chi connectivity index (χ1v) is 19.8. The van der Waals surface area contributed by atoms with Gasteiger partial charge in [0.1, 0.15) is 17.8 Å². The van der Waals surface area contributed by atoms with E-state index < -0.39 is 0 Å². The number of hydrogen-bond acceptors (Lipinski definition) is 5. The van der Waals surface area contributed by atoms with Crippen LogP contribution in [0.25, 0.3) is 44.3 Å². The molecule has 1 aliphatic rings. The Kier molecular flexibility index (Phi) is 9.72. The van der Waals surface area contributed by atoms with Crippen LogP contribution in [0, 0.1) is 27.7 Å². The molecule has 0 bridgehead atoms. The Hall–Kier alpha value is -4.77. The van der Waals surface area contributed by atoms with E-state index >= 15 is 4.79 Å². The van der Waals surface area contributed by atoms with Crippen LogP contribution in [0.15, 0.2) is 55.0 Å². The molecule has 284 valence electrons. The topological polar surface area (TPSA) is 87.9 Å². The second-order valence-electron chi connectivity index (χ2n) is 14.6. The number of nitrogens with zero attached hydrogens (tertiary/aromatic N) is 8. The SMILES string of the molecule is Cc1cc(OCCCc2c3n(c4c(-c5c(C)nn(C)c5C)c(Cl)ccc24)[C@H](C)CN(c2cn(CCCl)c4ccc(-c5ncn(C)n5)cc24)C3=O)cc(C)c1Cl. The monoisotopic (exact) mass is 796 g/mol. The molecule has 0 saturated carbocycles. The van der Waals surface area contributed by atoms with E-state index in [0.29, 0.717) is 55.0 Å². The van der Waals surface area contributed by atoms with Gasteiger partial charge in [0.25, 0.3) is 5.91 Å². The van der Waals surface area contributed by atoms with Gasteiger partial charge in [0.15, 0.2) is 5.82 Å². The number of ether oxygens (including phenoxy) is 1. The van der Waals surface area contributed by atoms with Crippen LogP contribution in [0.3, 0.4) is 0 Å².